The highest BCUT2D eigenvalue weighted by Crippen LogP contribution is 2.58. The lowest BCUT2D eigenvalue weighted by atomic mass is 9.59. The summed E-state index contributed by atoms with van der Waals surface area (Å²) in [6.45, 7) is 8.70. The fraction of sp³-hybridized carbons (Fsp3) is 0.537. The van der Waals surface area contributed by atoms with Gasteiger partial charge < -0.3 is 29.0 Å². The highest BCUT2D eigenvalue weighted by molar-refractivity contribution is 6.30. The molecule has 4 aliphatic rings. The first kappa shape index (κ1) is 35.4. The second kappa shape index (κ2) is 14.6. The van der Waals surface area contributed by atoms with E-state index in [4.69, 9.17) is 35.3 Å². The van der Waals surface area contributed by atoms with E-state index >= 15 is 0 Å². The Morgan fingerprint density at radius 2 is 1.84 bits per heavy atom. The van der Waals surface area contributed by atoms with Crippen molar-refractivity contribution >= 4 is 29.2 Å². The minimum absolute atomic E-state index is 0.186. The summed E-state index contributed by atoms with van der Waals surface area (Å²) in [5.41, 5.74) is 4.53. The van der Waals surface area contributed by atoms with Crippen molar-refractivity contribution in [3.8, 4) is 17.2 Å². The largest absolute Gasteiger partial charge is 0.493 e. The smallest absolute Gasteiger partial charge is 0.334 e. The molecule has 0 radical (unpaired) electrons. The van der Waals surface area contributed by atoms with E-state index in [1.54, 1.807) is 19.9 Å². The molecule has 1 N–H and O–H groups in total. The van der Waals surface area contributed by atoms with Crippen molar-refractivity contribution in [3.63, 3.8) is 0 Å². The van der Waals surface area contributed by atoms with Crippen molar-refractivity contribution in [2.24, 2.45) is 11.8 Å². The molecule has 3 aliphatic carbocycles. The maximum Gasteiger partial charge on any atom is 0.334 e. The van der Waals surface area contributed by atoms with Crippen LogP contribution in [0, 0.1) is 11.8 Å². The predicted octanol–water partition coefficient (Wildman–Crippen LogP) is 8.69. The zero-order valence-corrected chi connectivity index (χ0v) is 30.9. The van der Waals surface area contributed by atoms with Gasteiger partial charge in [-0.05, 0) is 128 Å². The topological polar surface area (TPSA) is 105 Å². The monoisotopic (exact) mass is 716 g/mol. The molecule has 0 bridgehead atoms. The Morgan fingerprint density at radius 1 is 1.06 bits per heavy atom. The minimum Gasteiger partial charge on any atom is -0.493 e. The summed E-state index contributed by atoms with van der Waals surface area (Å²) in [5, 5.41) is 4.10. The molecule has 0 saturated heterocycles. The van der Waals surface area contributed by atoms with E-state index in [0.717, 1.165) is 61.5 Å². The van der Waals surface area contributed by atoms with Crippen LogP contribution in [0.3, 0.4) is 0 Å². The van der Waals surface area contributed by atoms with Gasteiger partial charge in [-0.3, -0.25) is 9.78 Å². The van der Waals surface area contributed by atoms with Crippen molar-refractivity contribution in [1.82, 2.24) is 4.98 Å². The van der Waals surface area contributed by atoms with E-state index in [1.807, 2.05) is 30.5 Å². The summed E-state index contributed by atoms with van der Waals surface area (Å²) in [4.78, 5) is 30.8. The van der Waals surface area contributed by atoms with Gasteiger partial charge in [0.15, 0.2) is 11.5 Å². The number of ether oxygens (including phenoxy) is 5. The summed E-state index contributed by atoms with van der Waals surface area (Å²) >= 11 is 6.37. The zero-order valence-electron chi connectivity index (χ0n) is 30.1. The molecule has 4 atom stereocenters. The number of benzene rings is 2. The van der Waals surface area contributed by atoms with Crippen LogP contribution in [-0.4, -0.2) is 42.2 Å². The maximum absolute atomic E-state index is 14.1. The first-order chi connectivity index (χ1) is 24.6. The molecule has 1 saturated carbocycles. The Hall–Kier alpha value is -3.98. The van der Waals surface area contributed by atoms with Crippen molar-refractivity contribution in [2.45, 2.75) is 115 Å². The van der Waals surface area contributed by atoms with Crippen molar-refractivity contribution in [3.05, 3.63) is 76.1 Å². The van der Waals surface area contributed by atoms with E-state index in [9.17, 15) is 9.59 Å². The summed E-state index contributed by atoms with van der Waals surface area (Å²) < 4.78 is 29.4. The molecule has 272 valence electrons. The number of rotatable bonds is 11. The first-order valence-electron chi connectivity index (χ1n) is 18.6. The minimum atomic E-state index is -1.04. The summed E-state index contributed by atoms with van der Waals surface area (Å²) in [6, 6.07) is 13.8. The molecular weight excluding hydrogens is 668 g/mol. The van der Waals surface area contributed by atoms with Crippen molar-refractivity contribution < 1.29 is 33.3 Å². The zero-order chi connectivity index (χ0) is 35.8. The standard InChI is InChI=1S/C41H49ClN2O7/c1-5-37(45)50-27(4)51-39(46)41(44-31-10-7-9-30(42)21-31)15-13-40(14-16-41)29(19-28-20-35-36(22-32(28)40)49-24-48-35)18-25(2)23-47-34-12-17-43-33-11-6-8-26(3)38(33)34/h7,9-10,12,17,20-22,25-27,29,44H,5-6,8,11,13-16,18-19,23-24H2,1-4H3/t25-,26-,27?,29+,40?,41?/m1/s1. The average molecular weight is 717 g/mol. The third-order valence-electron chi connectivity index (χ3n) is 11.6. The van der Waals surface area contributed by atoms with Gasteiger partial charge in [0.05, 0.1) is 6.61 Å². The van der Waals surface area contributed by atoms with Crippen LogP contribution in [0.2, 0.25) is 5.02 Å². The lowest BCUT2D eigenvalue weighted by Gasteiger charge is -2.48. The van der Waals surface area contributed by atoms with Crippen molar-refractivity contribution in [2.75, 3.05) is 18.7 Å². The molecule has 9 nitrogen and oxygen atoms in total. The number of carbonyl (C=O) groups is 2. The van der Waals surface area contributed by atoms with Crippen LogP contribution in [0.25, 0.3) is 0 Å². The van der Waals surface area contributed by atoms with Gasteiger partial charge in [0.25, 0.3) is 0 Å². The molecular formula is C41H49ClN2O7. The van der Waals surface area contributed by atoms with E-state index in [-0.39, 0.29) is 18.6 Å². The van der Waals surface area contributed by atoms with E-state index in [0.29, 0.717) is 42.2 Å². The summed E-state index contributed by atoms with van der Waals surface area (Å²) in [7, 11) is 0. The number of esters is 2. The SMILES string of the molecule is CCC(=O)OC(C)OC(=O)C1(Nc2cccc(Cl)c2)CCC2(CC1)c1cc3c(cc1C[C@@H]2C[C@@H](C)COc1ccnc2c1[C@H](C)CCC2)OCO3. The van der Waals surface area contributed by atoms with Gasteiger partial charge in [-0.25, -0.2) is 4.79 Å². The summed E-state index contributed by atoms with van der Waals surface area (Å²) in [5.74, 6) is 2.75. The number of halogens is 1. The average Bonchev–Trinajstić information content (AvgIpc) is 3.68. The highest BCUT2D eigenvalue weighted by atomic mass is 35.5. The normalized spacial score (nSPS) is 25.7. The molecule has 1 spiro atoms. The van der Waals surface area contributed by atoms with Crippen LogP contribution in [0.1, 0.15) is 107 Å². The van der Waals surface area contributed by atoms with Gasteiger partial charge in [-0.1, -0.05) is 38.4 Å². The second-order valence-corrected chi connectivity index (χ2v) is 15.5. The van der Waals surface area contributed by atoms with Crippen molar-refractivity contribution in [1.29, 1.82) is 0 Å². The lowest BCUT2D eigenvalue weighted by molar-refractivity contribution is -0.188. The third-order valence-corrected chi connectivity index (χ3v) is 11.9. The maximum atomic E-state index is 14.1. The van der Waals surface area contributed by atoms with E-state index in [2.05, 4.69) is 36.3 Å². The highest BCUT2D eigenvalue weighted by Gasteiger charge is 2.55. The number of carbonyl (C=O) groups excluding carboxylic acids is 2. The number of aryl methyl sites for hydroxylation is 1. The lowest BCUT2D eigenvalue weighted by Crippen LogP contribution is -2.54. The molecule has 3 aromatic rings. The van der Waals surface area contributed by atoms with Crippen LogP contribution in [0.4, 0.5) is 5.69 Å². The molecule has 1 aliphatic heterocycles. The Bertz CT molecular complexity index is 1770. The second-order valence-electron chi connectivity index (χ2n) is 15.1. The van der Waals surface area contributed by atoms with Crippen LogP contribution < -0.4 is 19.5 Å². The predicted molar refractivity (Wildman–Crippen MR) is 195 cm³/mol. The number of aromatic nitrogens is 1. The molecule has 2 heterocycles. The number of fused-ring (bicyclic) bond motifs is 4. The van der Waals surface area contributed by atoms with Gasteiger partial charge in [-0.2, -0.15) is 0 Å². The van der Waals surface area contributed by atoms with Crippen LogP contribution in [0.15, 0.2) is 48.7 Å². The Balaban J connectivity index is 1.14. The molecule has 1 unspecified atom stereocenters. The van der Waals surface area contributed by atoms with Gasteiger partial charge >= 0.3 is 11.9 Å². The fourth-order valence-corrected chi connectivity index (χ4v) is 9.23. The Morgan fingerprint density at radius 3 is 2.61 bits per heavy atom. The first-order valence-corrected chi connectivity index (χ1v) is 18.9. The molecule has 10 heteroatoms. The van der Waals surface area contributed by atoms with E-state index < -0.39 is 23.8 Å². The summed E-state index contributed by atoms with van der Waals surface area (Å²) in [6.07, 6.45) is 8.83. The Labute approximate surface area is 305 Å². The molecule has 51 heavy (non-hydrogen) atoms. The van der Waals surface area contributed by atoms with Crippen LogP contribution >= 0.6 is 11.6 Å². The van der Waals surface area contributed by atoms with E-state index in [1.165, 1.54) is 28.8 Å². The van der Waals surface area contributed by atoms with Gasteiger partial charge in [0.2, 0.25) is 13.1 Å². The number of nitrogens with zero attached hydrogens (tertiary/aromatic N) is 1. The van der Waals surface area contributed by atoms with Gasteiger partial charge in [0, 0.05) is 41.5 Å². The number of pyridine rings is 1. The quantitative estimate of drug-likeness (QED) is 0.154. The molecule has 7 rings (SSSR count). The number of nitrogens with one attached hydrogen (secondary N) is 1. The molecule has 2 aromatic carbocycles. The Kier molecular flexibility index (Phi) is 10.1. The number of hydrogen-bond donors (Lipinski definition) is 1. The van der Waals surface area contributed by atoms with Gasteiger partial charge in [0.1, 0.15) is 11.3 Å². The molecule has 1 fully saturated rings. The fourth-order valence-electron chi connectivity index (χ4n) is 9.04. The van der Waals surface area contributed by atoms with Gasteiger partial charge in [-0.15, -0.1) is 0 Å². The third kappa shape index (κ3) is 7.11. The van der Waals surface area contributed by atoms with Crippen LogP contribution in [0.5, 0.6) is 17.2 Å². The number of hydrogen-bond acceptors (Lipinski definition) is 9. The molecule has 1 aromatic heterocycles. The molecule has 0 amide bonds. The number of anilines is 1. The van der Waals surface area contributed by atoms with Crippen LogP contribution in [-0.2, 0) is 37.3 Å².